The van der Waals surface area contributed by atoms with Crippen LogP contribution in [0.25, 0.3) is 0 Å². The Labute approximate surface area is 142 Å². The predicted molar refractivity (Wildman–Crippen MR) is 91.5 cm³/mol. The van der Waals surface area contributed by atoms with Crippen LogP contribution in [0, 0.1) is 4.78 Å². The highest BCUT2D eigenvalue weighted by molar-refractivity contribution is 7.92. The molecular weight excluding hydrogens is 328 g/mol. The maximum atomic E-state index is 12.7. The van der Waals surface area contributed by atoms with Gasteiger partial charge in [0.1, 0.15) is 11.4 Å². The average Bonchev–Trinajstić information content (AvgIpc) is 2.94. The summed E-state index contributed by atoms with van der Waals surface area (Å²) in [5.74, 6) is 1.40. The molecule has 7 nitrogen and oxygen atoms in total. The first-order valence-corrected chi connectivity index (χ1v) is 10.1. The SMILES string of the molecule is COc1cccnc1CNC(=O)N1CCCC12CCCS(=N)(=O)C2. The molecule has 0 saturated carbocycles. The monoisotopic (exact) mass is 352 g/mol. The van der Waals surface area contributed by atoms with Gasteiger partial charge >= 0.3 is 6.03 Å². The molecule has 2 aliphatic heterocycles. The Bertz CT molecular complexity index is 722. The molecule has 1 spiro atoms. The number of hydrogen-bond acceptors (Lipinski definition) is 5. The van der Waals surface area contributed by atoms with Crippen LogP contribution < -0.4 is 10.1 Å². The molecule has 2 saturated heterocycles. The summed E-state index contributed by atoms with van der Waals surface area (Å²) in [5.41, 5.74) is 0.268. The summed E-state index contributed by atoms with van der Waals surface area (Å²) >= 11 is 0. The van der Waals surface area contributed by atoms with E-state index in [9.17, 15) is 9.00 Å². The molecule has 8 heteroatoms. The largest absolute Gasteiger partial charge is 0.495 e. The van der Waals surface area contributed by atoms with Crippen molar-refractivity contribution in [1.82, 2.24) is 15.2 Å². The van der Waals surface area contributed by atoms with Crippen LogP contribution in [0.2, 0.25) is 0 Å². The summed E-state index contributed by atoms with van der Waals surface area (Å²) in [7, 11) is -0.999. The zero-order valence-corrected chi connectivity index (χ0v) is 14.7. The molecule has 0 aromatic carbocycles. The van der Waals surface area contributed by atoms with E-state index in [1.54, 1.807) is 24.3 Å². The van der Waals surface area contributed by atoms with Crippen LogP contribution in [-0.2, 0) is 16.3 Å². The first kappa shape index (κ1) is 17.0. The van der Waals surface area contributed by atoms with Gasteiger partial charge in [-0.2, -0.15) is 0 Å². The minimum absolute atomic E-state index is 0.169. The van der Waals surface area contributed by atoms with Gasteiger partial charge in [0.15, 0.2) is 0 Å². The molecule has 2 N–H and O–H groups in total. The van der Waals surface area contributed by atoms with E-state index >= 15 is 0 Å². The molecule has 24 heavy (non-hydrogen) atoms. The quantitative estimate of drug-likeness (QED) is 0.869. The lowest BCUT2D eigenvalue weighted by molar-refractivity contribution is 0.148. The number of carbonyl (C=O) groups is 1. The number of carbonyl (C=O) groups excluding carboxylic acids is 1. The number of nitrogens with zero attached hydrogens (tertiary/aromatic N) is 2. The number of likely N-dealkylation sites (tertiary alicyclic amines) is 1. The van der Waals surface area contributed by atoms with Gasteiger partial charge in [0.25, 0.3) is 0 Å². The summed E-state index contributed by atoms with van der Waals surface area (Å²) in [5, 5.41) is 2.91. The van der Waals surface area contributed by atoms with Crippen molar-refractivity contribution >= 4 is 15.8 Å². The zero-order chi connectivity index (χ0) is 17.2. The first-order valence-electron chi connectivity index (χ1n) is 8.23. The molecule has 2 amide bonds. The third kappa shape index (κ3) is 3.33. The van der Waals surface area contributed by atoms with Crippen LogP contribution >= 0.6 is 0 Å². The van der Waals surface area contributed by atoms with Crippen molar-refractivity contribution in [1.29, 1.82) is 4.78 Å². The summed E-state index contributed by atoms with van der Waals surface area (Å²) in [6.45, 7) is 0.937. The van der Waals surface area contributed by atoms with Crippen molar-refractivity contribution in [2.24, 2.45) is 0 Å². The van der Waals surface area contributed by atoms with Gasteiger partial charge in [-0.1, -0.05) is 0 Å². The number of pyridine rings is 1. The molecule has 3 rings (SSSR count). The Morgan fingerprint density at radius 2 is 2.29 bits per heavy atom. The Balaban J connectivity index is 1.70. The number of ether oxygens (including phenoxy) is 1. The van der Waals surface area contributed by atoms with E-state index in [1.807, 2.05) is 6.07 Å². The molecule has 0 radical (unpaired) electrons. The van der Waals surface area contributed by atoms with Gasteiger partial charge in [-0.25, -0.2) is 9.00 Å². The summed E-state index contributed by atoms with van der Waals surface area (Å²) in [6.07, 6.45) is 4.99. The minimum atomic E-state index is -2.57. The van der Waals surface area contributed by atoms with Crippen molar-refractivity contribution in [2.75, 3.05) is 25.2 Å². The molecular formula is C16H24N4O3S. The predicted octanol–water partition coefficient (Wildman–Crippen LogP) is 1.97. The fraction of sp³-hybridized carbons (Fsp3) is 0.625. The fourth-order valence-corrected chi connectivity index (χ4v) is 5.94. The van der Waals surface area contributed by atoms with Gasteiger partial charge in [0.05, 0.1) is 24.9 Å². The number of aromatic nitrogens is 1. The lowest BCUT2D eigenvalue weighted by Gasteiger charge is -2.41. The molecule has 132 valence electrons. The van der Waals surface area contributed by atoms with Gasteiger partial charge in [-0.15, -0.1) is 0 Å². The van der Waals surface area contributed by atoms with Gasteiger partial charge < -0.3 is 15.0 Å². The highest BCUT2D eigenvalue weighted by Crippen LogP contribution is 2.38. The molecule has 0 bridgehead atoms. The van der Waals surface area contributed by atoms with Crippen LogP contribution in [0.4, 0.5) is 4.79 Å². The topological polar surface area (TPSA) is 95.4 Å². The molecule has 2 fully saturated rings. The number of hydrogen-bond donors (Lipinski definition) is 2. The van der Waals surface area contributed by atoms with Crippen LogP contribution in [0.15, 0.2) is 18.3 Å². The Hall–Kier alpha value is -1.83. The van der Waals surface area contributed by atoms with E-state index in [0.29, 0.717) is 29.5 Å². The molecule has 1 aromatic rings. The zero-order valence-electron chi connectivity index (χ0n) is 13.9. The second kappa shape index (κ2) is 6.58. The summed E-state index contributed by atoms with van der Waals surface area (Å²) in [6, 6.07) is 3.42. The van der Waals surface area contributed by atoms with Crippen LogP contribution in [0.5, 0.6) is 5.75 Å². The van der Waals surface area contributed by atoms with Crippen molar-refractivity contribution in [2.45, 2.75) is 37.8 Å². The Kier molecular flexibility index (Phi) is 4.67. The lowest BCUT2D eigenvalue weighted by atomic mass is 9.92. The normalized spacial score (nSPS) is 29.6. The lowest BCUT2D eigenvalue weighted by Crippen LogP contribution is -2.56. The van der Waals surface area contributed by atoms with E-state index < -0.39 is 15.3 Å². The van der Waals surface area contributed by atoms with E-state index in [-0.39, 0.29) is 12.6 Å². The first-order chi connectivity index (χ1) is 11.5. The van der Waals surface area contributed by atoms with E-state index in [2.05, 4.69) is 10.3 Å². The maximum Gasteiger partial charge on any atom is 0.318 e. The summed E-state index contributed by atoms with van der Waals surface area (Å²) < 4.78 is 25.5. The van der Waals surface area contributed by atoms with Crippen molar-refractivity contribution < 1.29 is 13.7 Å². The Morgan fingerprint density at radius 3 is 3.04 bits per heavy atom. The summed E-state index contributed by atoms with van der Waals surface area (Å²) in [4.78, 5) is 18.7. The van der Waals surface area contributed by atoms with Crippen molar-refractivity contribution in [3.63, 3.8) is 0 Å². The van der Waals surface area contributed by atoms with Crippen LogP contribution in [0.1, 0.15) is 31.4 Å². The van der Waals surface area contributed by atoms with Crippen molar-refractivity contribution in [3.05, 3.63) is 24.0 Å². The molecule has 0 aliphatic carbocycles. The van der Waals surface area contributed by atoms with Gasteiger partial charge in [-0.3, -0.25) is 9.76 Å². The van der Waals surface area contributed by atoms with Gasteiger partial charge in [-0.05, 0) is 37.8 Å². The number of rotatable bonds is 3. The van der Waals surface area contributed by atoms with E-state index in [4.69, 9.17) is 9.52 Å². The van der Waals surface area contributed by atoms with E-state index in [0.717, 1.165) is 25.7 Å². The molecule has 2 aliphatic rings. The number of urea groups is 1. The van der Waals surface area contributed by atoms with Crippen LogP contribution in [-0.4, -0.2) is 50.8 Å². The standard InChI is InChI=1S/C16H24N4O3S/c1-23-14-5-2-8-18-13(14)11-19-15(21)20-9-3-6-16(20)7-4-10-24(17,22)12-16/h2,5,8,17H,3-4,6-7,9-12H2,1H3,(H,19,21). The molecule has 2 atom stereocenters. The third-order valence-corrected chi connectivity index (χ3v) is 6.89. The second-order valence-corrected chi connectivity index (χ2v) is 8.88. The van der Waals surface area contributed by atoms with E-state index in [1.165, 1.54) is 0 Å². The number of nitrogens with one attached hydrogen (secondary N) is 2. The Morgan fingerprint density at radius 1 is 1.50 bits per heavy atom. The number of methoxy groups -OCH3 is 1. The van der Waals surface area contributed by atoms with Gasteiger partial charge in [0, 0.05) is 28.2 Å². The number of amides is 2. The highest BCUT2D eigenvalue weighted by atomic mass is 32.2. The fourth-order valence-electron chi connectivity index (χ4n) is 3.87. The third-order valence-electron chi connectivity index (χ3n) is 4.94. The average molecular weight is 352 g/mol. The maximum absolute atomic E-state index is 12.7. The van der Waals surface area contributed by atoms with Crippen molar-refractivity contribution in [3.8, 4) is 5.75 Å². The minimum Gasteiger partial charge on any atom is -0.495 e. The smallest absolute Gasteiger partial charge is 0.318 e. The highest BCUT2D eigenvalue weighted by Gasteiger charge is 2.47. The molecule has 2 unspecified atom stereocenters. The van der Waals surface area contributed by atoms with Gasteiger partial charge in [0.2, 0.25) is 0 Å². The second-order valence-electron chi connectivity index (χ2n) is 6.55. The molecule has 3 heterocycles. The molecule has 1 aromatic heterocycles. The van der Waals surface area contributed by atoms with Crippen LogP contribution in [0.3, 0.4) is 0 Å².